The van der Waals surface area contributed by atoms with Crippen LogP contribution in [-0.4, -0.2) is 11.7 Å². The normalized spacial score (nSPS) is 26.8. The van der Waals surface area contributed by atoms with Crippen molar-refractivity contribution in [2.75, 3.05) is 6.61 Å². The Morgan fingerprint density at radius 3 is 2.12 bits per heavy atom. The summed E-state index contributed by atoms with van der Waals surface area (Å²) in [7, 11) is 0. The summed E-state index contributed by atoms with van der Waals surface area (Å²) in [5.74, 6) is 0. The van der Waals surface area contributed by atoms with Crippen LogP contribution >= 0.6 is 0 Å². The SMILES string of the molecule is OC[C@@]1(c2ccccc2)O[C@H]1c1ccccc1. The van der Waals surface area contributed by atoms with Crippen LogP contribution in [-0.2, 0) is 10.3 Å². The van der Waals surface area contributed by atoms with Crippen molar-refractivity contribution >= 4 is 0 Å². The lowest BCUT2D eigenvalue weighted by Gasteiger charge is -2.09. The molecule has 0 aromatic heterocycles. The summed E-state index contributed by atoms with van der Waals surface area (Å²) in [6, 6.07) is 19.9. The van der Waals surface area contributed by atoms with Crippen LogP contribution in [0.5, 0.6) is 0 Å². The van der Waals surface area contributed by atoms with E-state index in [1.165, 1.54) is 0 Å². The molecule has 0 amide bonds. The predicted octanol–water partition coefficient (Wildman–Crippen LogP) is 2.65. The van der Waals surface area contributed by atoms with Gasteiger partial charge in [0.15, 0.2) is 0 Å². The van der Waals surface area contributed by atoms with Crippen molar-refractivity contribution in [2.24, 2.45) is 0 Å². The molecular formula is C15H14O2. The van der Waals surface area contributed by atoms with Crippen LogP contribution in [0.1, 0.15) is 17.2 Å². The summed E-state index contributed by atoms with van der Waals surface area (Å²) in [6.45, 7) is 0.0105. The third-order valence-electron chi connectivity index (χ3n) is 3.29. The summed E-state index contributed by atoms with van der Waals surface area (Å²) >= 11 is 0. The molecule has 2 atom stereocenters. The maximum atomic E-state index is 9.62. The van der Waals surface area contributed by atoms with Crippen LogP contribution in [0.4, 0.5) is 0 Å². The maximum absolute atomic E-state index is 9.62. The minimum absolute atomic E-state index is 0.0105. The van der Waals surface area contributed by atoms with Gasteiger partial charge in [0.1, 0.15) is 11.7 Å². The predicted molar refractivity (Wildman–Crippen MR) is 65.5 cm³/mol. The summed E-state index contributed by atoms with van der Waals surface area (Å²) < 4.78 is 5.78. The summed E-state index contributed by atoms with van der Waals surface area (Å²) in [5.41, 5.74) is 1.62. The van der Waals surface area contributed by atoms with E-state index in [4.69, 9.17) is 4.74 Å². The molecule has 0 aliphatic carbocycles. The van der Waals surface area contributed by atoms with Crippen molar-refractivity contribution in [3.05, 3.63) is 71.8 Å². The zero-order valence-electron chi connectivity index (χ0n) is 9.41. The molecule has 1 N–H and O–H groups in total. The van der Waals surface area contributed by atoms with Gasteiger partial charge in [0.2, 0.25) is 0 Å². The zero-order valence-corrected chi connectivity index (χ0v) is 9.41. The molecule has 1 aliphatic heterocycles. The fourth-order valence-electron chi connectivity index (χ4n) is 2.29. The Kier molecular flexibility index (Phi) is 2.46. The lowest BCUT2D eigenvalue weighted by atomic mass is 9.92. The van der Waals surface area contributed by atoms with Crippen LogP contribution < -0.4 is 0 Å². The Labute approximate surface area is 100 Å². The van der Waals surface area contributed by atoms with E-state index in [1.807, 2.05) is 60.7 Å². The fraction of sp³-hybridized carbons (Fsp3) is 0.200. The lowest BCUT2D eigenvalue weighted by Crippen LogP contribution is -2.15. The maximum Gasteiger partial charge on any atom is 0.147 e. The first-order valence-corrected chi connectivity index (χ1v) is 5.76. The molecule has 2 aromatic rings. The van der Waals surface area contributed by atoms with Gasteiger partial charge in [-0.05, 0) is 11.1 Å². The molecule has 0 spiro atoms. The Morgan fingerprint density at radius 1 is 0.941 bits per heavy atom. The minimum Gasteiger partial charge on any atom is -0.393 e. The molecule has 1 saturated heterocycles. The summed E-state index contributed by atoms with van der Waals surface area (Å²) in [5, 5.41) is 9.62. The van der Waals surface area contributed by atoms with Crippen LogP contribution in [0.15, 0.2) is 60.7 Å². The molecular weight excluding hydrogens is 212 g/mol. The van der Waals surface area contributed by atoms with E-state index in [0.29, 0.717) is 0 Å². The highest BCUT2D eigenvalue weighted by molar-refractivity contribution is 5.35. The molecule has 2 aromatic carbocycles. The van der Waals surface area contributed by atoms with Crippen LogP contribution in [0, 0.1) is 0 Å². The van der Waals surface area contributed by atoms with Gasteiger partial charge in [0.25, 0.3) is 0 Å². The number of epoxide rings is 1. The molecule has 0 unspecified atom stereocenters. The van der Waals surface area contributed by atoms with Crippen LogP contribution in [0.3, 0.4) is 0 Å². The fourth-order valence-corrected chi connectivity index (χ4v) is 2.29. The average Bonchev–Trinajstić information content (AvgIpc) is 3.17. The molecule has 1 aliphatic rings. The van der Waals surface area contributed by atoms with Crippen molar-refractivity contribution in [2.45, 2.75) is 11.7 Å². The smallest absolute Gasteiger partial charge is 0.147 e. The van der Waals surface area contributed by atoms with Crippen molar-refractivity contribution in [1.29, 1.82) is 0 Å². The van der Waals surface area contributed by atoms with Gasteiger partial charge >= 0.3 is 0 Å². The second kappa shape index (κ2) is 3.99. The Balaban J connectivity index is 1.94. The molecule has 86 valence electrons. The Morgan fingerprint density at radius 2 is 1.53 bits per heavy atom. The molecule has 17 heavy (non-hydrogen) atoms. The topological polar surface area (TPSA) is 32.8 Å². The molecule has 0 radical (unpaired) electrons. The molecule has 2 heteroatoms. The second-order valence-electron chi connectivity index (χ2n) is 4.32. The molecule has 0 saturated carbocycles. The van der Waals surface area contributed by atoms with Gasteiger partial charge < -0.3 is 9.84 Å². The number of hydrogen-bond acceptors (Lipinski definition) is 2. The van der Waals surface area contributed by atoms with Gasteiger partial charge in [-0.2, -0.15) is 0 Å². The van der Waals surface area contributed by atoms with Gasteiger partial charge in [-0.15, -0.1) is 0 Å². The number of hydrogen-bond donors (Lipinski definition) is 1. The van der Waals surface area contributed by atoms with Crippen molar-refractivity contribution in [3.8, 4) is 0 Å². The highest BCUT2D eigenvalue weighted by atomic mass is 16.6. The average molecular weight is 226 g/mol. The monoisotopic (exact) mass is 226 g/mol. The number of ether oxygens (including phenoxy) is 1. The molecule has 2 nitrogen and oxygen atoms in total. The second-order valence-corrected chi connectivity index (χ2v) is 4.32. The third-order valence-corrected chi connectivity index (χ3v) is 3.29. The lowest BCUT2D eigenvalue weighted by molar-refractivity contribution is 0.172. The van der Waals surface area contributed by atoms with E-state index in [9.17, 15) is 5.11 Å². The number of aliphatic hydroxyl groups excluding tert-OH is 1. The highest BCUT2D eigenvalue weighted by Gasteiger charge is 2.58. The minimum atomic E-state index is -0.539. The van der Waals surface area contributed by atoms with Crippen LogP contribution in [0.25, 0.3) is 0 Å². The third kappa shape index (κ3) is 1.66. The van der Waals surface area contributed by atoms with Crippen molar-refractivity contribution in [1.82, 2.24) is 0 Å². The largest absolute Gasteiger partial charge is 0.393 e. The van der Waals surface area contributed by atoms with Crippen LogP contribution in [0.2, 0.25) is 0 Å². The Hall–Kier alpha value is -1.64. The molecule has 1 fully saturated rings. The van der Waals surface area contributed by atoms with E-state index < -0.39 is 5.60 Å². The van der Waals surface area contributed by atoms with Gasteiger partial charge in [-0.3, -0.25) is 0 Å². The van der Waals surface area contributed by atoms with E-state index >= 15 is 0 Å². The Bertz CT molecular complexity index is 495. The highest BCUT2D eigenvalue weighted by Crippen LogP contribution is 2.56. The van der Waals surface area contributed by atoms with Gasteiger partial charge in [0, 0.05) is 0 Å². The van der Waals surface area contributed by atoms with Gasteiger partial charge in [-0.25, -0.2) is 0 Å². The standard InChI is InChI=1S/C15H14O2/c16-11-15(13-9-5-2-6-10-13)14(17-15)12-7-3-1-4-8-12/h1-10,14,16H,11H2/t14-,15-/m0/s1. The van der Waals surface area contributed by atoms with E-state index in [-0.39, 0.29) is 12.7 Å². The first-order chi connectivity index (χ1) is 8.37. The zero-order chi connectivity index (χ0) is 11.7. The molecule has 0 bridgehead atoms. The molecule has 3 rings (SSSR count). The first kappa shape index (κ1) is 10.5. The molecule has 1 heterocycles. The van der Waals surface area contributed by atoms with Crippen molar-refractivity contribution < 1.29 is 9.84 Å². The van der Waals surface area contributed by atoms with E-state index in [1.54, 1.807) is 0 Å². The summed E-state index contributed by atoms with van der Waals surface area (Å²) in [4.78, 5) is 0. The summed E-state index contributed by atoms with van der Waals surface area (Å²) in [6.07, 6.45) is -0.0314. The number of rotatable bonds is 3. The quantitative estimate of drug-likeness (QED) is 0.816. The first-order valence-electron chi connectivity index (χ1n) is 5.76. The van der Waals surface area contributed by atoms with Crippen molar-refractivity contribution in [3.63, 3.8) is 0 Å². The number of aliphatic hydroxyl groups is 1. The van der Waals surface area contributed by atoms with Gasteiger partial charge in [-0.1, -0.05) is 60.7 Å². The number of benzene rings is 2. The van der Waals surface area contributed by atoms with E-state index in [0.717, 1.165) is 11.1 Å². The van der Waals surface area contributed by atoms with E-state index in [2.05, 4.69) is 0 Å². The van der Waals surface area contributed by atoms with Gasteiger partial charge in [0.05, 0.1) is 6.61 Å².